The average Bonchev–Trinajstić information content (AvgIpc) is 3.32. The molecule has 2 aromatic rings. The second-order valence-electron chi connectivity index (χ2n) is 5.22. The summed E-state index contributed by atoms with van der Waals surface area (Å²) in [7, 11) is 0. The van der Waals surface area contributed by atoms with Gasteiger partial charge in [-0.15, -0.1) is 0 Å². The number of anilines is 1. The minimum absolute atomic E-state index is 0.296. The quantitative estimate of drug-likeness (QED) is 0.885. The highest BCUT2D eigenvalue weighted by atomic mass is 19.1. The fraction of sp³-hybridized carbons (Fsp3) is 0.188. The maximum atomic E-state index is 12.8. The average molecular weight is 316 g/mol. The van der Waals surface area contributed by atoms with Gasteiger partial charge in [0.05, 0.1) is 23.7 Å². The molecule has 118 valence electrons. The van der Waals surface area contributed by atoms with Gasteiger partial charge in [0.2, 0.25) is 11.8 Å². The minimum Gasteiger partial charge on any atom is -0.481 e. The lowest BCUT2D eigenvalue weighted by molar-refractivity contribution is -0.139. The van der Waals surface area contributed by atoms with Crippen LogP contribution in [0.2, 0.25) is 0 Å². The number of carbonyl (C=O) groups is 2. The molecule has 0 unspecified atom stereocenters. The van der Waals surface area contributed by atoms with Crippen LogP contribution in [0.4, 0.5) is 10.1 Å². The highest BCUT2D eigenvalue weighted by molar-refractivity contribution is 5.98. The third-order valence-corrected chi connectivity index (χ3v) is 3.48. The van der Waals surface area contributed by atoms with Gasteiger partial charge in [-0.25, -0.2) is 9.37 Å². The van der Waals surface area contributed by atoms with Gasteiger partial charge in [0.15, 0.2) is 0 Å². The van der Waals surface area contributed by atoms with Crippen LogP contribution in [0, 0.1) is 17.7 Å². The molecule has 0 spiro atoms. The van der Waals surface area contributed by atoms with Crippen LogP contribution in [0.5, 0.6) is 11.6 Å². The Labute approximate surface area is 130 Å². The highest BCUT2D eigenvalue weighted by Crippen LogP contribution is 2.39. The number of aliphatic carboxylic acids is 1. The van der Waals surface area contributed by atoms with Crippen molar-refractivity contribution in [2.45, 2.75) is 6.42 Å². The van der Waals surface area contributed by atoms with Crippen LogP contribution in [-0.4, -0.2) is 22.0 Å². The number of aromatic nitrogens is 1. The molecule has 1 amide bonds. The normalized spacial score (nSPS) is 19.0. The van der Waals surface area contributed by atoms with Crippen molar-refractivity contribution in [3.05, 3.63) is 48.4 Å². The Kier molecular flexibility index (Phi) is 3.92. The van der Waals surface area contributed by atoms with E-state index in [0.29, 0.717) is 23.7 Å². The van der Waals surface area contributed by atoms with Crippen molar-refractivity contribution in [3.8, 4) is 11.6 Å². The second-order valence-corrected chi connectivity index (χ2v) is 5.22. The van der Waals surface area contributed by atoms with Crippen LogP contribution in [0.1, 0.15) is 6.42 Å². The van der Waals surface area contributed by atoms with Gasteiger partial charge < -0.3 is 15.2 Å². The number of ether oxygens (including phenoxy) is 1. The summed E-state index contributed by atoms with van der Waals surface area (Å²) < 4.78 is 18.2. The Balaban J connectivity index is 1.58. The van der Waals surface area contributed by atoms with Crippen molar-refractivity contribution < 1.29 is 23.8 Å². The van der Waals surface area contributed by atoms with Crippen LogP contribution in [0.15, 0.2) is 42.6 Å². The number of hydrogen-bond donors (Lipinski definition) is 2. The highest BCUT2D eigenvalue weighted by Gasteiger charge is 2.48. The van der Waals surface area contributed by atoms with Crippen LogP contribution in [-0.2, 0) is 9.59 Å². The largest absolute Gasteiger partial charge is 0.481 e. The molecule has 2 atom stereocenters. The molecule has 0 radical (unpaired) electrons. The Morgan fingerprint density at radius 2 is 1.91 bits per heavy atom. The molecule has 3 rings (SSSR count). The van der Waals surface area contributed by atoms with Gasteiger partial charge in [0.25, 0.3) is 0 Å². The SMILES string of the molecule is O=C(Nc1ccc(Oc2ccc(F)cc2)nc1)[C@H]1C[C@H]1C(=O)O. The van der Waals surface area contributed by atoms with Gasteiger partial charge in [0, 0.05) is 6.07 Å². The standard InChI is InChI=1S/C16H13FN2O4/c17-9-1-4-11(5-2-9)23-14-6-3-10(8-18-14)19-15(20)12-7-13(12)16(21)22/h1-6,8,12-13H,7H2,(H,19,20)(H,21,22)/t12-,13+/m0/s1. The number of rotatable bonds is 5. The Hall–Kier alpha value is -2.96. The Bertz CT molecular complexity index is 731. The van der Waals surface area contributed by atoms with Crippen molar-refractivity contribution in [2.75, 3.05) is 5.32 Å². The molecule has 1 aromatic heterocycles. The lowest BCUT2D eigenvalue weighted by atomic mass is 10.3. The van der Waals surface area contributed by atoms with E-state index in [-0.39, 0.29) is 11.7 Å². The number of hydrogen-bond acceptors (Lipinski definition) is 4. The van der Waals surface area contributed by atoms with Gasteiger partial charge >= 0.3 is 5.97 Å². The fourth-order valence-corrected chi connectivity index (χ4v) is 2.13. The zero-order chi connectivity index (χ0) is 16.4. The molecule has 2 N–H and O–H groups in total. The monoisotopic (exact) mass is 316 g/mol. The van der Waals surface area contributed by atoms with Gasteiger partial charge in [0.1, 0.15) is 11.6 Å². The van der Waals surface area contributed by atoms with E-state index in [4.69, 9.17) is 9.84 Å². The number of carboxylic acid groups (broad SMARTS) is 1. The van der Waals surface area contributed by atoms with Gasteiger partial charge in [-0.3, -0.25) is 9.59 Å². The number of nitrogens with one attached hydrogen (secondary N) is 1. The summed E-state index contributed by atoms with van der Waals surface area (Å²) in [5, 5.41) is 11.4. The smallest absolute Gasteiger partial charge is 0.307 e. The Morgan fingerprint density at radius 1 is 1.17 bits per heavy atom. The van der Waals surface area contributed by atoms with E-state index >= 15 is 0 Å². The van der Waals surface area contributed by atoms with E-state index in [1.807, 2.05) is 0 Å². The summed E-state index contributed by atoms with van der Waals surface area (Å²) in [4.78, 5) is 26.6. The zero-order valence-electron chi connectivity index (χ0n) is 11.9. The molecule has 1 fully saturated rings. The van der Waals surface area contributed by atoms with Crippen molar-refractivity contribution >= 4 is 17.6 Å². The van der Waals surface area contributed by atoms with Crippen LogP contribution < -0.4 is 10.1 Å². The van der Waals surface area contributed by atoms with Crippen molar-refractivity contribution in [3.63, 3.8) is 0 Å². The predicted molar refractivity (Wildman–Crippen MR) is 78.6 cm³/mol. The number of nitrogens with zero attached hydrogens (tertiary/aromatic N) is 1. The van der Waals surface area contributed by atoms with Crippen molar-refractivity contribution in [1.29, 1.82) is 0 Å². The number of halogens is 1. The zero-order valence-corrected chi connectivity index (χ0v) is 11.9. The molecule has 7 heteroatoms. The molecule has 1 aliphatic carbocycles. The molecule has 1 aliphatic rings. The molecule has 6 nitrogen and oxygen atoms in total. The summed E-state index contributed by atoms with van der Waals surface area (Å²) in [6.07, 6.45) is 1.77. The van der Waals surface area contributed by atoms with Gasteiger partial charge in [-0.05, 0) is 36.8 Å². The molecular formula is C16H13FN2O4. The lowest BCUT2D eigenvalue weighted by Gasteiger charge is -2.07. The maximum absolute atomic E-state index is 12.8. The molecule has 0 bridgehead atoms. The lowest BCUT2D eigenvalue weighted by Crippen LogP contribution is -2.16. The first kappa shape index (κ1) is 15.0. The first-order chi connectivity index (χ1) is 11.0. The number of amides is 1. The predicted octanol–water partition coefficient (Wildman–Crippen LogP) is 2.67. The van der Waals surface area contributed by atoms with Crippen LogP contribution in [0.3, 0.4) is 0 Å². The molecule has 0 saturated heterocycles. The number of benzene rings is 1. The summed E-state index contributed by atoms with van der Waals surface area (Å²) in [6, 6.07) is 8.66. The van der Waals surface area contributed by atoms with E-state index in [1.54, 1.807) is 12.1 Å². The summed E-state index contributed by atoms with van der Waals surface area (Å²) in [5.74, 6) is -1.98. The minimum atomic E-state index is -0.952. The van der Waals surface area contributed by atoms with E-state index in [1.165, 1.54) is 30.5 Å². The van der Waals surface area contributed by atoms with Crippen molar-refractivity contribution in [2.24, 2.45) is 11.8 Å². The van der Waals surface area contributed by atoms with E-state index in [0.717, 1.165) is 0 Å². The topological polar surface area (TPSA) is 88.5 Å². The molecule has 23 heavy (non-hydrogen) atoms. The van der Waals surface area contributed by atoms with Crippen LogP contribution in [0.25, 0.3) is 0 Å². The third-order valence-electron chi connectivity index (χ3n) is 3.48. The fourth-order valence-electron chi connectivity index (χ4n) is 2.13. The first-order valence-electron chi connectivity index (χ1n) is 6.96. The van der Waals surface area contributed by atoms with Gasteiger partial charge in [-0.1, -0.05) is 0 Å². The summed E-state index contributed by atoms with van der Waals surface area (Å²) in [6.45, 7) is 0. The number of carbonyl (C=O) groups excluding carboxylic acids is 1. The molecule has 1 aromatic carbocycles. The number of pyridine rings is 1. The Morgan fingerprint density at radius 3 is 2.48 bits per heavy atom. The van der Waals surface area contributed by atoms with E-state index in [9.17, 15) is 14.0 Å². The third kappa shape index (κ3) is 3.63. The molecular weight excluding hydrogens is 303 g/mol. The molecule has 1 heterocycles. The van der Waals surface area contributed by atoms with Crippen molar-refractivity contribution in [1.82, 2.24) is 4.98 Å². The van der Waals surface area contributed by atoms with E-state index in [2.05, 4.69) is 10.3 Å². The van der Waals surface area contributed by atoms with E-state index < -0.39 is 17.8 Å². The summed E-state index contributed by atoms with van der Waals surface area (Å²) >= 11 is 0. The summed E-state index contributed by atoms with van der Waals surface area (Å²) in [5.41, 5.74) is 0.456. The molecule has 0 aliphatic heterocycles. The maximum Gasteiger partial charge on any atom is 0.307 e. The van der Waals surface area contributed by atoms with Gasteiger partial charge in [-0.2, -0.15) is 0 Å². The first-order valence-corrected chi connectivity index (χ1v) is 6.96. The van der Waals surface area contributed by atoms with Crippen LogP contribution >= 0.6 is 0 Å². The molecule has 1 saturated carbocycles. The number of carboxylic acids is 1. The second kappa shape index (κ2) is 6.04.